The second-order valence-corrected chi connectivity index (χ2v) is 10.2. The Morgan fingerprint density at radius 1 is 1.06 bits per heavy atom. The highest BCUT2D eigenvalue weighted by molar-refractivity contribution is 6.07. The third-order valence-electron chi connectivity index (χ3n) is 7.82. The zero-order valence-corrected chi connectivity index (χ0v) is 22.5. The van der Waals surface area contributed by atoms with Gasteiger partial charge >= 0.3 is 5.97 Å². The van der Waals surface area contributed by atoms with Gasteiger partial charge in [0.2, 0.25) is 11.8 Å². The molecule has 0 spiro atoms. The van der Waals surface area contributed by atoms with Crippen LogP contribution in [0.1, 0.15) is 83.7 Å². The van der Waals surface area contributed by atoms with E-state index < -0.39 is 29.4 Å². The van der Waals surface area contributed by atoms with E-state index in [1.54, 1.807) is 19.1 Å². The fourth-order valence-electron chi connectivity index (χ4n) is 4.42. The summed E-state index contributed by atoms with van der Waals surface area (Å²) >= 11 is 0. The molecule has 36 heavy (non-hydrogen) atoms. The largest absolute Gasteiger partial charge is 0.480 e. The average Bonchev–Trinajstić information content (AvgIpc) is 2.86. The van der Waals surface area contributed by atoms with E-state index in [1.807, 2.05) is 46.8 Å². The van der Waals surface area contributed by atoms with Gasteiger partial charge in [-0.25, -0.2) is 4.79 Å². The minimum absolute atomic E-state index is 0.0850. The van der Waals surface area contributed by atoms with Crippen LogP contribution in [0, 0.1) is 17.8 Å². The number of benzene rings is 1. The number of carbonyl (C=O) groups excluding carboxylic acids is 3. The van der Waals surface area contributed by atoms with Crippen molar-refractivity contribution in [3.05, 3.63) is 41.5 Å². The second-order valence-electron chi connectivity index (χ2n) is 10.2. The summed E-state index contributed by atoms with van der Waals surface area (Å²) in [5, 5.41) is 18.4. The van der Waals surface area contributed by atoms with E-state index >= 15 is 0 Å². The molecular weight excluding hydrogens is 458 g/mol. The SMILES string of the molecule is CCC(C)[C@@H]1NC(=O)c2ccccc2C1=CC(=O)N[C@H](C(=O)N[C@](C)(C(=O)O)[C@@H](C)CC)[C@@H](C)CC. The van der Waals surface area contributed by atoms with Crippen molar-refractivity contribution in [3.8, 4) is 0 Å². The van der Waals surface area contributed by atoms with Crippen LogP contribution in [0.15, 0.2) is 30.3 Å². The maximum atomic E-state index is 13.3. The van der Waals surface area contributed by atoms with Crippen molar-refractivity contribution in [1.82, 2.24) is 16.0 Å². The molecule has 6 atom stereocenters. The van der Waals surface area contributed by atoms with E-state index in [-0.39, 0.29) is 29.7 Å². The molecule has 8 heteroatoms. The molecule has 0 aliphatic carbocycles. The van der Waals surface area contributed by atoms with Gasteiger partial charge in [-0.3, -0.25) is 14.4 Å². The summed E-state index contributed by atoms with van der Waals surface area (Å²) < 4.78 is 0. The van der Waals surface area contributed by atoms with Gasteiger partial charge in [0.25, 0.3) is 5.91 Å². The number of rotatable bonds is 11. The van der Waals surface area contributed by atoms with Crippen LogP contribution in [0.4, 0.5) is 0 Å². The van der Waals surface area contributed by atoms with Gasteiger partial charge in [-0.1, -0.05) is 79.0 Å². The number of carboxylic acid groups (broad SMARTS) is 1. The van der Waals surface area contributed by atoms with E-state index in [2.05, 4.69) is 16.0 Å². The highest BCUT2D eigenvalue weighted by Gasteiger charge is 2.42. The van der Waals surface area contributed by atoms with Gasteiger partial charge in [-0.05, 0) is 41.9 Å². The summed E-state index contributed by atoms with van der Waals surface area (Å²) in [4.78, 5) is 51.3. The molecule has 8 nitrogen and oxygen atoms in total. The molecule has 0 bridgehead atoms. The van der Waals surface area contributed by atoms with Gasteiger partial charge in [0.15, 0.2) is 0 Å². The molecule has 0 fully saturated rings. The lowest BCUT2D eigenvalue weighted by molar-refractivity contribution is -0.150. The smallest absolute Gasteiger partial charge is 0.329 e. The van der Waals surface area contributed by atoms with Gasteiger partial charge in [0, 0.05) is 11.6 Å². The lowest BCUT2D eigenvalue weighted by Gasteiger charge is -2.35. The number of fused-ring (bicyclic) bond motifs is 1. The quantitative estimate of drug-likeness (QED) is 0.345. The van der Waals surface area contributed by atoms with E-state index in [9.17, 15) is 24.3 Å². The van der Waals surface area contributed by atoms with Crippen LogP contribution >= 0.6 is 0 Å². The van der Waals surface area contributed by atoms with Crippen molar-refractivity contribution in [3.63, 3.8) is 0 Å². The number of amides is 3. The van der Waals surface area contributed by atoms with Crippen molar-refractivity contribution < 1.29 is 24.3 Å². The fourth-order valence-corrected chi connectivity index (χ4v) is 4.42. The summed E-state index contributed by atoms with van der Waals surface area (Å²) in [7, 11) is 0. The second kappa shape index (κ2) is 12.2. The number of hydrogen-bond donors (Lipinski definition) is 4. The average molecular weight is 500 g/mol. The highest BCUT2D eigenvalue weighted by atomic mass is 16.4. The van der Waals surface area contributed by atoms with E-state index in [0.29, 0.717) is 29.5 Å². The van der Waals surface area contributed by atoms with Crippen LogP contribution < -0.4 is 16.0 Å². The molecule has 1 aliphatic heterocycles. The van der Waals surface area contributed by atoms with Crippen molar-refractivity contribution in [2.75, 3.05) is 0 Å². The molecule has 198 valence electrons. The van der Waals surface area contributed by atoms with Crippen molar-refractivity contribution >= 4 is 29.3 Å². The monoisotopic (exact) mass is 499 g/mol. The Morgan fingerprint density at radius 2 is 1.67 bits per heavy atom. The summed E-state index contributed by atoms with van der Waals surface area (Å²) in [6.45, 7) is 12.9. The van der Waals surface area contributed by atoms with Crippen molar-refractivity contribution in [2.45, 2.75) is 85.4 Å². The van der Waals surface area contributed by atoms with E-state index in [4.69, 9.17) is 0 Å². The van der Waals surface area contributed by atoms with Gasteiger partial charge < -0.3 is 21.1 Å². The van der Waals surface area contributed by atoms with E-state index in [1.165, 1.54) is 13.0 Å². The maximum Gasteiger partial charge on any atom is 0.329 e. The summed E-state index contributed by atoms with van der Waals surface area (Å²) in [5.74, 6) is -2.75. The van der Waals surface area contributed by atoms with Crippen molar-refractivity contribution in [1.29, 1.82) is 0 Å². The highest BCUT2D eigenvalue weighted by Crippen LogP contribution is 2.32. The topological polar surface area (TPSA) is 125 Å². The maximum absolute atomic E-state index is 13.3. The lowest BCUT2D eigenvalue weighted by Crippen LogP contribution is -2.61. The Bertz CT molecular complexity index is 1020. The molecule has 1 unspecified atom stereocenters. The predicted octanol–water partition coefficient (Wildman–Crippen LogP) is 3.76. The Hall–Kier alpha value is -3.16. The number of hydrogen-bond acceptors (Lipinski definition) is 4. The van der Waals surface area contributed by atoms with Crippen LogP contribution in [0.5, 0.6) is 0 Å². The first-order valence-electron chi connectivity index (χ1n) is 12.9. The first-order valence-corrected chi connectivity index (χ1v) is 12.9. The standard InChI is InChI=1S/C28H41N3O5/c1-8-16(4)23-21(19-13-11-12-14-20(19)25(33)30-23)15-22(32)29-24(17(5)9-2)26(34)31-28(7,27(35)36)18(6)10-3/h11-18,23-24H,8-10H2,1-7H3,(H,29,32)(H,30,33)(H,31,34)(H,35,36)/t16?,17-,18-,23-,24-,28-/m0/s1. The lowest BCUT2D eigenvalue weighted by atomic mass is 9.82. The normalized spacial score (nSPS) is 21.2. The minimum Gasteiger partial charge on any atom is -0.480 e. The van der Waals surface area contributed by atoms with Crippen molar-refractivity contribution in [2.24, 2.45) is 17.8 Å². The van der Waals surface area contributed by atoms with Crippen LogP contribution in [0.3, 0.4) is 0 Å². The van der Waals surface area contributed by atoms with Crippen LogP contribution in [-0.2, 0) is 14.4 Å². The molecule has 0 saturated carbocycles. The van der Waals surface area contributed by atoms with Gasteiger partial charge in [0.1, 0.15) is 11.6 Å². The molecule has 1 aromatic rings. The van der Waals surface area contributed by atoms with Gasteiger partial charge in [0.05, 0.1) is 6.04 Å². The Labute approximate surface area is 214 Å². The molecule has 4 N–H and O–H groups in total. The minimum atomic E-state index is -1.46. The molecular formula is C28H41N3O5. The summed E-state index contributed by atoms with van der Waals surface area (Å²) in [6, 6.07) is 5.89. The Morgan fingerprint density at radius 3 is 2.19 bits per heavy atom. The number of nitrogens with one attached hydrogen (secondary N) is 3. The fraction of sp³-hybridized carbons (Fsp3) is 0.571. The van der Waals surface area contributed by atoms with Gasteiger partial charge in [-0.2, -0.15) is 0 Å². The zero-order chi connectivity index (χ0) is 27.2. The Balaban J connectivity index is 2.41. The molecule has 1 aliphatic rings. The third kappa shape index (κ3) is 6.15. The molecule has 3 amide bonds. The third-order valence-corrected chi connectivity index (χ3v) is 7.82. The zero-order valence-electron chi connectivity index (χ0n) is 22.5. The van der Waals surface area contributed by atoms with Gasteiger partial charge in [-0.15, -0.1) is 0 Å². The molecule has 0 saturated heterocycles. The number of aliphatic carboxylic acids is 1. The Kier molecular flexibility index (Phi) is 9.85. The van der Waals surface area contributed by atoms with E-state index in [0.717, 1.165) is 6.42 Å². The summed E-state index contributed by atoms with van der Waals surface area (Å²) in [5.41, 5.74) is 0.421. The first-order chi connectivity index (χ1) is 16.9. The van der Waals surface area contributed by atoms with Crippen LogP contribution in [0.2, 0.25) is 0 Å². The van der Waals surface area contributed by atoms with Crippen LogP contribution in [-0.4, -0.2) is 46.4 Å². The number of carbonyl (C=O) groups is 4. The molecule has 1 aromatic carbocycles. The summed E-state index contributed by atoms with van der Waals surface area (Å²) in [6.07, 6.45) is 3.43. The van der Waals surface area contributed by atoms with Crippen LogP contribution in [0.25, 0.3) is 5.57 Å². The first kappa shape index (κ1) is 29.1. The molecule has 1 heterocycles. The number of carboxylic acids is 1. The predicted molar refractivity (Wildman–Crippen MR) is 140 cm³/mol. The molecule has 2 rings (SSSR count). The molecule has 0 aromatic heterocycles. The molecule has 0 radical (unpaired) electrons.